The molecule has 2 atom stereocenters. The van der Waals surface area contributed by atoms with E-state index in [1.807, 2.05) is 30.3 Å². The Bertz CT molecular complexity index is 263. The fourth-order valence-corrected chi connectivity index (χ4v) is 1.54. The Morgan fingerprint density at radius 2 is 2.08 bits per heavy atom. The summed E-state index contributed by atoms with van der Waals surface area (Å²) in [5, 5.41) is 0. The summed E-state index contributed by atoms with van der Waals surface area (Å²) in [6.45, 7) is 0.599. The van der Waals surface area contributed by atoms with Gasteiger partial charge >= 0.3 is 0 Å². The number of ether oxygens (including phenoxy) is 2. The van der Waals surface area contributed by atoms with E-state index in [0.29, 0.717) is 12.5 Å². The van der Waals surface area contributed by atoms with E-state index >= 15 is 0 Å². The minimum absolute atomic E-state index is 0.0462. The lowest BCUT2D eigenvalue weighted by Crippen LogP contribution is -2.09. The van der Waals surface area contributed by atoms with Gasteiger partial charge < -0.3 is 9.47 Å². The molecule has 0 saturated carbocycles. The van der Waals surface area contributed by atoms with Crippen LogP contribution in [0.3, 0.4) is 0 Å². The molecule has 2 nitrogen and oxygen atoms in total. The Labute approximate surface area is 82.4 Å². The van der Waals surface area contributed by atoms with Gasteiger partial charge in [-0.3, -0.25) is 0 Å². The van der Waals surface area contributed by atoms with Gasteiger partial charge in [0.1, 0.15) is 6.10 Å². The number of rotatable bonds is 2. The Kier molecular flexibility index (Phi) is 2.83. The van der Waals surface area contributed by atoms with Crippen LogP contribution < -0.4 is 0 Å². The largest absolute Gasteiger partial charge is 0.348 e. The second kappa shape index (κ2) is 4.09. The maximum absolute atomic E-state index is 5.61. The number of halogens is 1. The van der Waals surface area contributed by atoms with Gasteiger partial charge in [-0.2, -0.15) is 0 Å². The van der Waals surface area contributed by atoms with E-state index in [1.165, 1.54) is 0 Å². The Morgan fingerprint density at radius 1 is 1.31 bits per heavy atom. The maximum Gasteiger partial charge on any atom is 0.172 e. The second-order valence-electron chi connectivity index (χ2n) is 2.95. The van der Waals surface area contributed by atoms with Crippen LogP contribution in [-0.4, -0.2) is 18.8 Å². The first-order valence-electron chi connectivity index (χ1n) is 4.28. The molecule has 1 aromatic rings. The summed E-state index contributed by atoms with van der Waals surface area (Å²) >= 11 is 5.61. The molecule has 1 fully saturated rings. The molecule has 0 amide bonds. The third kappa shape index (κ3) is 2.02. The molecule has 13 heavy (non-hydrogen) atoms. The third-order valence-corrected chi connectivity index (χ3v) is 2.30. The van der Waals surface area contributed by atoms with Crippen LogP contribution in [0.2, 0.25) is 0 Å². The number of alkyl halides is 1. The molecule has 1 aliphatic heterocycles. The summed E-state index contributed by atoms with van der Waals surface area (Å²) in [7, 11) is 0. The van der Waals surface area contributed by atoms with Gasteiger partial charge in [0.05, 0.1) is 12.5 Å². The van der Waals surface area contributed by atoms with Crippen molar-refractivity contribution in [2.75, 3.05) is 12.5 Å². The molecule has 70 valence electrons. The summed E-state index contributed by atoms with van der Waals surface area (Å²) < 4.78 is 10.9. The lowest BCUT2D eigenvalue weighted by Gasteiger charge is -2.08. The summed E-state index contributed by atoms with van der Waals surface area (Å²) in [5.41, 5.74) is 1.15. The normalized spacial score (nSPS) is 27.8. The zero-order valence-electron chi connectivity index (χ0n) is 7.15. The fourth-order valence-electron chi connectivity index (χ4n) is 1.38. The van der Waals surface area contributed by atoms with E-state index in [1.54, 1.807) is 0 Å². The summed E-state index contributed by atoms with van der Waals surface area (Å²) in [6.07, 6.45) is -0.197. The quantitative estimate of drug-likeness (QED) is 0.680. The molecule has 1 aromatic carbocycles. The fraction of sp³-hybridized carbons (Fsp3) is 0.400. The molecule has 2 rings (SSSR count). The van der Waals surface area contributed by atoms with Crippen molar-refractivity contribution in [3.05, 3.63) is 35.9 Å². The van der Waals surface area contributed by atoms with Gasteiger partial charge in [-0.25, -0.2) is 0 Å². The summed E-state index contributed by atoms with van der Waals surface area (Å²) in [6, 6.07) is 10.0. The topological polar surface area (TPSA) is 18.5 Å². The molecule has 1 saturated heterocycles. The molecule has 1 heterocycles. The summed E-state index contributed by atoms with van der Waals surface area (Å²) in [5.74, 6) is 0.392. The van der Waals surface area contributed by atoms with E-state index in [9.17, 15) is 0 Å². The first-order valence-corrected chi connectivity index (χ1v) is 4.81. The number of hydrogen-bond acceptors (Lipinski definition) is 2. The monoisotopic (exact) mass is 198 g/mol. The average Bonchev–Trinajstić information content (AvgIpc) is 2.67. The third-order valence-electron chi connectivity index (χ3n) is 2.05. The highest BCUT2D eigenvalue weighted by Gasteiger charge is 2.25. The van der Waals surface area contributed by atoms with Crippen LogP contribution >= 0.6 is 11.6 Å². The first kappa shape index (κ1) is 9.00. The van der Waals surface area contributed by atoms with Crippen LogP contribution in [0.4, 0.5) is 0 Å². The van der Waals surface area contributed by atoms with Crippen LogP contribution in [0.25, 0.3) is 0 Å². The molecule has 0 aromatic heterocycles. The van der Waals surface area contributed by atoms with E-state index in [-0.39, 0.29) is 12.4 Å². The minimum Gasteiger partial charge on any atom is -0.348 e. The van der Waals surface area contributed by atoms with Crippen LogP contribution in [0, 0.1) is 0 Å². The predicted octanol–water partition coefficient (Wildman–Crippen LogP) is 2.34. The van der Waals surface area contributed by atoms with Gasteiger partial charge in [0.25, 0.3) is 0 Å². The standard InChI is InChI=1S/C10H11ClO2/c11-6-10-12-7-9(13-10)8-4-2-1-3-5-8/h1-5,9-10H,6-7H2. The summed E-state index contributed by atoms with van der Waals surface area (Å²) in [4.78, 5) is 0. The van der Waals surface area contributed by atoms with Crippen LogP contribution in [-0.2, 0) is 9.47 Å². The van der Waals surface area contributed by atoms with Crippen molar-refractivity contribution in [2.24, 2.45) is 0 Å². The van der Waals surface area contributed by atoms with Crippen LogP contribution in [0.5, 0.6) is 0 Å². The Morgan fingerprint density at radius 3 is 2.69 bits per heavy atom. The molecule has 0 aliphatic carbocycles. The SMILES string of the molecule is ClCC1OCC(c2ccccc2)O1. The van der Waals surface area contributed by atoms with E-state index in [0.717, 1.165) is 5.56 Å². The van der Waals surface area contributed by atoms with Crippen molar-refractivity contribution in [3.63, 3.8) is 0 Å². The van der Waals surface area contributed by atoms with E-state index in [2.05, 4.69) is 0 Å². The van der Waals surface area contributed by atoms with Gasteiger partial charge in [-0.05, 0) is 5.56 Å². The molecule has 3 heteroatoms. The molecule has 0 radical (unpaired) electrons. The van der Waals surface area contributed by atoms with E-state index in [4.69, 9.17) is 21.1 Å². The highest BCUT2D eigenvalue weighted by Crippen LogP contribution is 2.26. The van der Waals surface area contributed by atoms with Crippen LogP contribution in [0.1, 0.15) is 11.7 Å². The second-order valence-corrected chi connectivity index (χ2v) is 3.26. The van der Waals surface area contributed by atoms with Gasteiger partial charge in [0.2, 0.25) is 0 Å². The molecular formula is C10H11ClO2. The van der Waals surface area contributed by atoms with Gasteiger partial charge in [-0.1, -0.05) is 30.3 Å². The highest BCUT2D eigenvalue weighted by molar-refractivity contribution is 6.18. The molecular weight excluding hydrogens is 188 g/mol. The molecule has 0 N–H and O–H groups in total. The van der Waals surface area contributed by atoms with E-state index < -0.39 is 0 Å². The number of benzene rings is 1. The number of hydrogen-bond donors (Lipinski definition) is 0. The molecule has 2 unspecified atom stereocenters. The molecule has 1 aliphatic rings. The Balaban J connectivity index is 2.04. The lowest BCUT2D eigenvalue weighted by atomic mass is 10.1. The molecule has 0 spiro atoms. The van der Waals surface area contributed by atoms with Gasteiger partial charge in [-0.15, -0.1) is 11.6 Å². The van der Waals surface area contributed by atoms with Crippen molar-refractivity contribution in [3.8, 4) is 0 Å². The van der Waals surface area contributed by atoms with Crippen molar-refractivity contribution in [1.29, 1.82) is 0 Å². The van der Waals surface area contributed by atoms with Gasteiger partial charge in [0.15, 0.2) is 6.29 Å². The van der Waals surface area contributed by atoms with Crippen molar-refractivity contribution >= 4 is 11.6 Å². The zero-order chi connectivity index (χ0) is 9.10. The van der Waals surface area contributed by atoms with Crippen LogP contribution in [0.15, 0.2) is 30.3 Å². The zero-order valence-corrected chi connectivity index (χ0v) is 7.91. The highest BCUT2D eigenvalue weighted by atomic mass is 35.5. The average molecular weight is 199 g/mol. The van der Waals surface area contributed by atoms with Crippen molar-refractivity contribution in [2.45, 2.75) is 12.4 Å². The first-order chi connectivity index (χ1) is 6.40. The van der Waals surface area contributed by atoms with Gasteiger partial charge in [0, 0.05) is 0 Å². The maximum atomic E-state index is 5.61. The minimum atomic E-state index is -0.244. The smallest absolute Gasteiger partial charge is 0.172 e. The Hall–Kier alpha value is -0.570. The van der Waals surface area contributed by atoms with Crippen molar-refractivity contribution in [1.82, 2.24) is 0 Å². The molecule has 0 bridgehead atoms. The predicted molar refractivity (Wildman–Crippen MR) is 50.7 cm³/mol. The van der Waals surface area contributed by atoms with Crippen molar-refractivity contribution < 1.29 is 9.47 Å². The lowest BCUT2D eigenvalue weighted by molar-refractivity contribution is -0.0398.